The van der Waals surface area contributed by atoms with Gasteiger partial charge in [-0.3, -0.25) is 4.72 Å². The maximum atomic E-state index is 6.49. The Hall–Kier alpha value is -0.910. The van der Waals surface area contributed by atoms with E-state index in [1.165, 1.54) is 55.6 Å². The third-order valence-corrected chi connectivity index (χ3v) is 7.75. The van der Waals surface area contributed by atoms with Gasteiger partial charge in [0.15, 0.2) is 0 Å². The molecule has 170 valence electrons. The van der Waals surface area contributed by atoms with Crippen LogP contribution in [0.25, 0.3) is 0 Å². The van der Waals surface area contributed by atoms with Crippen molar-refractivity contribution in [2.24, 2.45) is 0 Å². The van der Waals surface area contributed by atoms with E-state index in [-0.39, 0.29) is 0 Å². The van der Waals surface area contributed by atoms with E-state index in [4.69, 9.17) is 23.2 Å². The zero-order chi connectivity index (χ0) is 22.2. The summed E-state index contributed by atoms with van der Waals surface area (Å²) < 4.78 is 3.15. The van der Waals surface area contributed by atoms with Crippen molar-refractivity contribution in [3.05, 3.63) is 63.6 Å². The van der Waals surface area contributed by atoms with Gasteiger partial charge < -0.3 is 9.80 Å². The molecule has 0 spiro atoms. The molecule has 31 heavy (non-hydrogen) atoms. The van der Waals surface area contributed by atoms with Crippen molar-refractivity contribution in [3.63, 3.8) is 0 Å². The monoisotopic (exact) mass is 479 g/mol. The van der Waals surface area contributed by atoms with E-state index in [0.29, 0.717) is 6.04 Å². The van der Waals surface area contributed by atoms with Gasteiger partial charge in [0.05, 0.1) is 6.04 Å². The fourth-order valence-electron chi connectivity index (χ4n) is 4.37. The molecule has 4 rings (SSSR count). The molecule has 2 saturated heterocycles. The fraction of sp³-hybridized carbons (Fsp3) is 0.520. The van der Waals surface area contributed by atoms with Crippen molar-refractivity contribution in [1.82, 2.24) is 9.62 Å². The number of anilines is 1. The van der Waals surface area contributed by atoms with Crippen molar-refractivity contribution < 1.29 is 0 Å². The molecular weight excluding hydrogens is 445 g/mol. The molecule has 0 aliphatic carbocycles. The summed E-state index contributed by atoms with van der Waals surface area (Å²) in [6, 6.07) is 14.9. The van der Waals surface area contributed by atoms with Gasteiger partial charge in [0.1, 0.15) is 0 Å². The molecule has 1 unspecified atom stereocenters. The first kappa shape index (κ1) is 24.7. The number of nitrogens with zero attached hydrogens (tertiary/aromatic N) is 2. The van der Waals surface area contributed by atoms with Gasteiger partial charge in [-0.25, -0.2) is 0 Å². The largest absolute Gasteiger partial charge is 0.364 e. The summed E-state index contributed by atoms with van der Waals surface area (Å²) in [6.45, 7) is 5.67. The Morgan fingerprint density at radius 3 is 2.29 bits per heavy atom. The predicted octanol–water partition coefficient (Wildman–Crippen LogP) is 6.98. The van der Waals surface area contributed by atoms with Crippen LogP contribution in [0.1, 0.15) is 49.3 Å². The summed E-state index contributed by atoms with van der Waals surface area (Å²) in [6.07, 6.45) is 6.29. The van der Waals surface area contributed by atoms with Crippen LogP contribution in [0.4, 0.5) is 5.69 Å². The van der Waals surface area contributed by atoms with Crippen LogP contribution in [0.3, 0.4) is 0 Å². The van der Waals surface area contributed by atoms with E-state index in [1.807, 2.05) is 31.1 Å². The first-order chi connectivity index (χ1) is 15.0. The molecule has 3 nitrogen and oxygen atoms in total. The lowest BCUT2D eigenvalue weighted by atomic mass is 9.94. The molecule has 2 aliphatic rings. The third kappa shape index (κ3) is 7.30. The van der Waals surface area contributed by atoms with Crippen molar-refractivity contribution in [3.8, 4) is 0 Å². The average Bonchev–Trinajstić information content (AvgIpc) is 2.77. The van der Waals surface area contributed by atoms with Gasteiger partial charge in [0.2, 0.25) is 0 Å². The van der Waals surface area contributed by atoms with Crippen LogP contribution in [0.5, 0.6) is 0 Å². The van der Waals surface area contributed by atoms with Crippen molar-refractivity contribution in [1.29, 1.82) is 0 Å². The van der Waals surface area contributed by atoms with Gasteiger partial charge in [0.25, 0.3) is 0 Å². The first-order valence-electron chi connectivity index (χ1n) is 11.3. The van der Waals surface area contributed by atoms with E-state index in [2.05, 4.69) is 58.8 Å². The van der Waals surface area contributed by atoms with Crippen LogP contribution in [0, 0.1) is 6.92 Å². The maximum absolute atomic E-state index is 6.49. The highest BCUT2D eigenvalue weighted by Crippen LogP contribution is 2.38. The highest BCUT2D eigenvalue weighted by atomic mass is 35.5. The van der Waals surface area contributed by atoms with E-state index < -0.39 is 0 Å². The lowest BCUT2D eigenvalue weighted by Crippen LogP contribution is -2.33. The highest BCUT2D eigenvalue weighted by Gasteiger charge is 2.25. The molecule has 2 aliphatic heterocycles. The molecule has 2 aromatic rings. The molecule has 6 heteroatoms. The Morgan fingerprint density at radius 1 is 0.935 bits per heavy atom. The van der Waals surface area contributed by atoms with Crippen LogP contribution < -0.4 is 9.62 Å². The molecule has 1 atom stereocenters. The zero-order valence-corrected chi connectivity index (χ0v) is 21.2. The lowest BCUT2D eigenvalue weighted by Gasteiger charge is -2.38. The maximum Gasteiger partial charge on any atom is 0.0557 e. The molecule has 0 aromatic heterocycles. The summed E-state index contributed by atoms with van der Waals surface area (Å²) in [5.41, 5.74) is 3.66. The van der Waals surface area contributed by atoms with Crippen LogP contribution in [0.15, 0.2) is 42.5 Å². The minimum Gasteiger partial charge on any atom is -0.364 e. The molecule has 1 N–H and O–H groups in total. The Labute approximate surface area is 202 Å². The van der Waals surface area contributed by atoms with Crippen LogP contribution in [-0.4, -0.2) is 43.9 Å². The second-order valence-corrected chi connectivity index (χ2v) is 10.7. The van der Waals surface area contributed by atoms with Gasteiger partial charge in [-0.2, -0.15) is 0 Å². The molecule has 0 radical (unpaired) electrons. The number of aryl methyl sites for hydroxylation is 1. The summed E-state index contributed by atoms with van der Waals surface area (Å²) >= 11 is 14.4. The predicted molar refractivity (Wildman–Crippen MR) is 139 cm³/mol. The number of benzene rings is 2. The number of nitrogens with one attached hydrogen (secondary N) is 1. The standard InChI is InChI=1S/C18H19Cl2N.C7H16N2S/c1-13-5-10-16(17(20)12-13)18-4-2-3-11-21(18)15-8-6-14(19)7-9-15;1-8-10-7-3-5-9(2)6-4-7/h5-10,12,18H,2-4,11H2,1H3;7-8H,3-6H2,1-2H3. The summed E-state index contributed by atoms with van der Waals surface area (Å²) in [4.78, 5) is 4.85. The third-order valence-electron chi connectivity index (χ3n) is 6.13. The number of likely N-dealkylation sites (tertiary alicyclic amines) is 1. The average molecular weight is 481 g/mol. The van der Waals surface area contributed by atoms with Gasteiger partial charge >= 0.3 is 0 Å². The van der Waals surface area contributed by atoms with E-state index in [1.54, 1.807) is 0 Å². The minimum absolute atomic E-state index is 0.355. The van der Waals surface area contributed by atoms with Crippen LogP contribution in [0.2, 0.25) is 10.0 Å². The number of piperidine rings is 2. The normalized spacial score (nSPS) is 20.3. The topological polar surface area (TPSA) is 18.5 Å². The Balaban J connectivity index is 0.000000229. The number of halogens is 2. The van der Waals surface area contributed by atoms with Gasteiger partial charge in [0, 0.05) is 27.5 Å². The summed E-state index contributed by atoms with van der Waals surface area (Å²) in [5, 5.41) is 2.50. The van der Waals surface area contributed by atoms with Gasteiger partial charge in [-0.1, -0.05) is 47.3 Å². The summed E-state index contributed by atoms with van der Waals surface area (Å²) in [5.74, 6) is 0. The highest BCUT2D eigenvalue weighted by molar-refractivity contribution is 7.98. The first-order valence-corrected chi connectivity index (χ1v) is 12.9. The molecule has 0 amide bonds. The van der Waals surface area contributed by atoms with Crippen molar-refractivity contribution in [2.75, 3.05) is 38.6 Å². The Kier molecular flexibility index (Phi) is 9.86. The molecule has 0 saturated carbocycles. The molecule has 2 heterocycles. The zero-order valence-electron chi connectivity index (χ0n) is 18.9. The van der Waals surface area contributed by atoms with Crippen LogP contribution in [-0.2, 0) is 0 Å². The van der Waals surface area contributed by atoms with Crippen molar-refractivity contribution >= 4 is 40.8 Å². The quantitative estimate of drug-likeness (QED) is 0.476. The summed E-state index contributed by atoms with van der Waals surface area (Å²) in [7, 11) is 4.20. The minimum atomic E-state index is 0.355. The van der Waals surface area contributed by atoms with Crippen molar-refractivity contribution in [2.45, 2.75) is 50.3 Å². The molecule has 2 aromatic carbocycles. The smallest absolute Gasteiger partial charge is 0.0557 e. The SMILES string of the molecule is CNSC1CCN(C)CC1.Cc1ccc(C2CCCCN2c2ccc(Cl)cc2)c(Cl)c1. The second kappa shape index (κ2) is 12.4. The van der Waals surface area contributed by atoms with Gasteiger partial charge in [-0.15, -0.1) is 0 Å². The fourth-order valence-corrected chi connectivity index (χ4v) is 5.64. The lowest BCUT2D eigenvalue weighted by molar-refractivity contribution is 0.282. The Morgan fingerprint density at radius 2 is 1.65 bits per heavy atom. The van der Waals surface area contributed by atoms with Crippen LogP contribution >= 0.6 is 35.1 Å². The molecular formula is C25H35Cl2N3S. The van der Waals surface area contributed by atoms with Gasteiger partial charge in [-0.05, 0) is 108 Å². The second-order valence-electron chi connectivity index (χ2n) is 8.53. The molecule has 0 bridgehead atoms. The molecule has 2 fully saturated rings. The number of hydrogen-bond donors (Lipinski definition) is 1. The number of hydrogen-bond acceptors (Lipinski definition) is 4. The van der Waals surface area contributed by atoms with E-state index >= 15 is 0 Å². The van der Waals surface area contributed by atoms with E-state index in [0.717, 1.165) is 28.3 Å². The number of rotatable bonds is 4. The Bertz CT molecular complexity index is 807. The van der Waals surface area contributed by atoms with E-state index in [9.17, 15) is 0 Å².